The molecule has 6 N–H and O–H groups in total. The number of rotatable bonds is 10. The largest absolute Gasteiger partial charge is 0.508 e. The van der Waals surface area contributed by atoms with Crippen LogP contribution in [0.3, 0.4) is 0 Å². The number of fused-ring (bicyclic) bond motifs is 1. The molecule has 0 saturated carbocycles. The van der Waals surface area contributed by atoms with Crippen molar-refractivity contribution < 1.29 is 73.1 Å². The van der Waals surface area contributed by atoms with Crippen LogP contribution in [0, 0.1) is 0 Å². The van der Waals surface area contributed by atoms with Crippen LogP contribution in [0.25, 0.3) is 22.1 Å². The summed E-state index contributed by atoms with van der Waals surface area (Å²) in [6, 6.07) is 4.85. The second-order valence-electron chi connectivity index (χ2n) is 9.37. The summed E-state index contributed by atoms with van der Waals surface area (Å²) in [5.74, 6) is -8.68. The van der Waals surface area contributed by atoms with Crippen molar-refractivity contribution in [1.82, 2.24) is 0 Å². The number of aromatic hydroxyl groups is 2. The zero-order valence-electron chi connectivity index (χ0n) is 23.5. The quantitative estimate of drug-likeness (QED) is 0.0990. The number of phenols is 2. The number of hydrogen-bond donors (Lipinski definition) is 6. The van der Waals surface area contributed by atoms with E-state index in [-0.39, 0.29) is 11.3 Å². The molecule has 5 atom stereocenters. The van der Waals surface area contributed by atoms with Crippen molar-refractivity contribution in [3.8, 4) is 45.8 Å². The van der Waals surface area contributed by atoms with Gasteiger partial charge in [0.05, 0.1) is 6.61 Å². The molecule has 2 heterocycles. The van der Waals surface area contributed by atoms with E-state index in [9.17, 15) is 49.8 Å². The van der Waals surface area contributed by atoms with Gasteiger partial charge in [-0.2, -0.15) is 0 Å². The van der Waals surface area contributed by atoms with Crippen LogP contribution in [0.4, 0.5) is 0 Å². The summed E-state index contributed by atoms with van der Waals surface area (Å²) in [6.07, 6.45) is -7.37. The number of ether oxygens (including phenoxy) is 5. The van der Waals surface area contributed by atoms with Crippen LogP contribution in [-0.4, -0.2) is 85.9 Å². The van der Waals surface area contributed by atoms with Gasteiger partial charge in [-0.25, -0.2) is 14.4 Å². The standard InChI is InChI=1S/C30H26O16/c1-4-15(33)42-26-22(38)19-21(37)18(12-7-9-13(32)10-8-12)29(44-17(35)6-3)45-25(19)27(43-16(34)5-2)28(26)46-30-24(40)23(39)20(36)14(11-31)41-30/h4-10,14,20,23-24,30-32,36,38-40H,1-3,11H2/t14?,20-,23?,24?,30+/m1/s1. The minimum absolute atomic E-state index is 0.00405. The predicted octanol–water partition coefficient (Wildman–Crippen LogP) is 0.324. The number of benzene rings is 2. The van der Waals surface area contributed by atoms with E-state index in [2.05, 4.69) is 19.7 Å². The highest BCUT2D eigenvalue weighted by atomic mass is 16.7. The van der Waals surface area contributed by atoms with Gasteiger partial charge in [0.1, 0.15) is 41.1 Å². The maximum absolute atomic E-state index is 14.0. The molecule has 1 saturated heterocycles. The fraction of sp³-hybridized carbons (Fsp3) is 0.200. The van der Waals surface area contributed by atoms with E-state index in [1.807, 2.05) is 0 Å². The lowest BCUT2D eigenvalue weighted by molar-refractivity contribution is -0.277. The Morgan fingerprint density at radius 2 is 1.37 bits per heavy atom. The molecule has 4 rings (SSSR count). The maximum atomic E-state index is 14.0. The van der Waals surface area contributed by atoms with E-state index >= 15 is 0 Å². The average molecular weight is 643 g/mol. The van der Waals surface area contributed by atoms with Crippen molar-refractivity contribution >= 4 is 28.9 Å². The lowest BCUT2D eigenvalue weighted by Crippen LogP contribution is -2.60. The first-order valence-corrected chi connectivity index (χ1v) is 13.1. The minimum atomic E-state index is -2.07. The third-order valence-corrected chi connectivity index (χ3v) is 6.49. The van der Waals surface area contributed by atoms with Crippen molar-refractivity contribution in [2.45, 2.75) is 30.7 Å². The van der Waals surface area contributed by atoms with Crippen LogP contribution in [-0.2, 0) is 19.1 Å². The van der Waals surface area contributed by atoms with Gasteiger partial charge in [-0.1, -0.05) is 31.9 Å². The van der Waals surface area contributed by atoms with Gasteiger partial charge in [0.25, 0.3) is 0 Å². The van der Waals surface area contributed by atoms with Crippen LogP contribution in [0.2, 0.25) is 0 Å². The van der Waals surface area contributed by atoms with E-state index in [4.69, 9.17) is 28.1 Å². The van der Waals surface area contributed by atoms with E-state index in [1.54, 1.807) is 0 Å². The summed E-state index contributed by atoms with van der Waals surface area (Å²) >= 11 is 0. The Kier molecular flexibility index (Phi) is 9.89. The van der Waals surface area contributed by atoms with Crippen LogP contribution in [0.5, 0.6) is 34.7 Å². The topological polar surface area (TPSA) is 249 Å². The van der Waals surface area contributed by atoms with Crippen LogP contribution >= 0.6 is 0 Å². The summed E-state index contributed by atoms with van der Waals surface area (Å²) in [5.41, 5.74) is -2.49. The fourth-order valence-corrected chi connectivity index (χ4v) is 4.26. The van der Waals surface area contributed by atoms with Gasteiger partial charge in [-0.3, -0.25) is 4.79 Å². The molecule has 0 amide bonds. The van der Waals surface area contributed by atoms with Crippen molar-refractivity contribution in [3.63, 3.8) is 0 Å². The molecule has 2 aromatic carbocycles. The lowest BCUT2D eigenvalue weighted by atomic mass is 9.99. The molecule has 16 heteroatoms. The molecule has 16 nitrogen and oxygen atoms in total. The summed E-state index contributed by atoms with van der Waals surface area (Å²) in [6.45, 7) is 8.92. The Balaban J connectivity index is 2.13. The van der Waals surface area contributed by atoms with Crippen LogP contribution in [0.1, 0.15) is 0 Å². The van der Waals surface area contributed by atoms with E-state index in [0.717, 1.165) is 6.08 Å². The summed E-state index contributed by atoms with van der Waals surface area (Å²) in [7, 11) is 0. The zero-order chi connectivity index (χ0) is 33.9. The highest BCUT2D eigenvalue weighted by Gasteiger charge is 2.46. The molecule has 0 aliphatic carbocycles. The Morgan fingerprint density at radius 1 is 0.804 bits per heavy atom. The smallest absolute Gasteiger partial charge is 0.337 e. The van der Waals surface area contributed by atoms with Crippen LogP contribution in [0.15, 0.2) is 71.4 Å². The number of carbonyl (C=O) groups excluding carboxylic acids is 3. The molecular formula is C30H26O16. The van der Waals surface area contributed by atoms with Gasteiger partial charge in [0.15, 0.2) is 11.3 Å². The van der Waals surface area contributed by atoms with Gasteiger partial charge < -0.3 is 58.7 Å². The van der Waals surface area contributed by atoms with Crippen molar-refractivity contribution in [2.24, 2.45) is 0 Å². The number of aliphatic hydroxyl groups excluding tert-OH is 4. The Labute approximate surface area is 257 Å². The Bertz CT molecular complexity index is 1770. The highest BCUT2D eigenvalue weighted by molar-refractivity contribution is 6.01. The molecule has 0 radical (unpaired) electrons. The number of aliphatic hydroxyl groups is 4. The average Bonchev–Trinajstić information content (AvgIpc) is 3.04. The molecule has 1 aromatic heterocycles. The monoisotopic (exact) mass is 642 g/mol. The Hall–Kier alpha value is -5.52. The third kappa shape index (κ3) is 6.32. The van der Waals surface area contributed by atoms with Crippen molar-refractivity contribution in [3.05, 3.63) is 72.5 Å². The summed E-state index contributed by atoms with van der Waals surface area (Å²) in [4.78, 5) is 51.2. The van der Waals surface area contributed by atoms with Gasteiger partial charge >= 0.3 is 23.9 Å². The maximum Gasteiger partial charge on any atom is 0.337 e. The van der Waals surface area contributed by atoms with Crippen molar-refractivity contribution in [1.29, 1.82) is 0 Å². The van der Waals surface area contributed by atoms with Gasteiger partial charge in [-0.05, 0) is 17.7 Å². The first-order chi connectivity index (χ1) is 21.9. The second kappa shape index (κ2) is 13.6. The molecule has 1 aliphatic rings. The molecular weight excluding hydrogens is 616 g/mol. The molecule has 242 valence electrons. The second-order valence-corrected chi connectivity index (χ2v) is 9.37. The first kappa shape index (κ1) is 33.4. The predicted molar refractivity (Wildman–Crippen MR) is 153 cm³/mol. The number of phenolic OH excluding ortho intramolecular Hbond substituents is 2. The molecule has 3 unspecified atom stereocenters. The van der Waals surface area contributed by atoms with E-state index in [1.165, 1.54) is 24.3 Å². The molecule has 0 bridgehead atoms. The normalized spacial score (nSPS) is 20.7. The summed E-state index contributed by atoms with van der Waals surface area (Å²) in [5, 5.41) is 60.9. The Morgan fingerprint density at radius 3 is 1.93 bits per heavy atom. The molecule has 0 spiro atoms. The SMILES string of the molecule is C=CC(=O)Oc1oc2c(OC(=O)C=C)c(O[C@@H]3OC(CO)[C@@H](O)C(O)C3O)c(OC(=O)C=C)c(O)c2c(=O)c1-c1ccc(O)cc1. The van der Waals surface area contributed by atoms with E-state index < -0.39 is 106 Å². The van der Waals surface area contributed by atoms with Crippen LogP contribution < -0.4 is 24.4 Å². The highest BCUT2D eigenvalue weighted by Crippen LogP contribution is 2.52. The zero-order valence-corrected chi connectivity index (χ0v) is 23.5. The minimum Gasteiger partial charge on any atom is -0.508 e. The van der Waals surface area contributed by atoms with Crippen molar-refractivity contribution in [2.75, 3.05) is 6.61 Å². The number of carbonyl (C=O) groups is 3. The number of esters is 3. The molecule has 3 aromatic rings. The van der Waals surface area contributed by atoms with Gasteiger partial charge in [-0.15, -0.1) is 0 Å². The number of hydrogen-bond acceptors (Lipinski definition) is 16. The summed E-state index contributed by atoms with van der Waals surface area (Å²) < 4.78 is 32.2. The molecule has 46 heavy (non-hydrogen) atoms. The molecule has 1 fully saturated rings. The van der Waals surface area contributed by atoms with E-state index in [0.29, 0.717) is 12.2 Å². The lowest BCUT2D eigenvalue weighted by Gasteiger charge is -2.39. The fourth-order valence-electron chi connectivity index (χ4n) is 4.26. The van der Waals surface area contributed by atoms with Gasteiger partial charge in [0, 0.05) is 18.2 Å². The van der Waals surface area contributed by atoms with Gasteiger partial charge in [0.2, 0.25) is 29.0 Å². The first-order valence-electron chi connectivity index (χ1n) is 13.1. The third-order valence-electron chi connectivity index (χ3n) is 6.49. The molecule has 1 aliphatic heterocycles.